The molecule has 0 spiro atoms. The van der Waals surface area contributed by atoms with Crippen molar-refractivity contribution in [2.75, 3.05) is 20.3 Å². The van der Waals surface area contributed by atoms with Crippen LogP contribution < -0.4 is 5.32 Å². The fourth-order valence-corrected chi connectivity index (χ4v) is 1.40. The lowest BCUT2D eigenvalue weighted by Gasteiger charge is -2.16. The summed E-state index contributed by atoms with van der Waals surface area (Å²) in [5.41, 5.74) is 1.23. The third kappa shape index (κ3) is 3.32. The van der Waals surface area contributed by atoms with Gasteiger partial charge in [-0.2, -0.15) is 5.10 Å². The molecule has 1 rings (SSSR count). The number of aromatic nitrogens is 2. The van der Waals surface area contributed by atoms with Gasteiger partial charge in [0.15, 0.2) is 0 Å². The van der Waals surface area contributed by atoms with Gasteiger partial charge >= 0.3 is 0 Å². The molecule has 1 atom stereocenters. The van der Waals surface area contributed by atoms with E-state index in [0.29, 0.717) is 18.6 Å². The summed E-state index contributed by atoms with van der Waals surface area (Å²) in [6.07, 6.45) is 1.95. The number of nitrogens with one attached hydrogen (secondary N) is 2. The second-order valence-corrected chi connectivity index (χ2v) is 3.55. The SMILES string of the molecule is COCC(CCO)NC(=O)c1cn[nH]c1C. The monoisotopic (exact) mass is 227 g/mol. The number of nitrogens with zero attached hydrogens (tertiary/aromatic N) is 1. The first-order chi connectivity index (χ1) is 7.69. The van der Waals surface area contributed by atoms with Gasteiger partial charge in [-0.05, 0) is 13.3 Å². The van der Waals surface area contributed by atoms with E-state index < -0.39 is 0 Å². The van der Waals surface area contributed by atoms with Crippen LogP contribution in [0.5, 0.6) is 0 Å². The van der Waals surface area contributed by atoms with Gasteiger partial charge in [0.05, 0.1) is 24.4 Å². The van der Waals surface area contributed by atoms with Gasteiger partial charge in [-0.25, -0.2) is 0 Å². The Bertz CT molecular complexity index is 332. The van der Waals surface area contributed by atoms with Crippen molar-refractivity contribution in [3.05, 3.63) is 17.5 Å². The number of H-pyrrole nitrogens is 1. The summed E-state index contributed by atoms with van der Waals surface area (Å²) in [5.74, 6) is -0.207. The maximum Gasteiger partial charge on any atom is 0.255 e. The van der Waals surface area contributed by atoms with Crippen molar-refractivity contribution in [3.8, 4) is 0 Å². The van der Waals surface area contributed by atoms with E-state index in [2.05, 4.69) is 15.5 Å². The minimum atomic E-state index is -0.207. The molecule has 0 aliphatic carbocycles. The molecule has 1 amide bonds. The van der Waals surface area contributed by atoms with Gasteiger partial charge in [0.2, 0.25) is 0 Å². The molecule has 0 aromatic carbocycles. The summed E-state index contributed by atoms with van der Waals surface area (Å²) in [7, 11) is 1.56. The van der Waals surface area contributed by atoms with Crippen molar-refractivity contribution in [1.29, 1.82) is 0 Å². The van der Waals surface area contributed by atoms with Gasteiger partial charge in [0.25, 0.3) is 5.91 Å². The first-order valence-corrected chi connectivity index (χ1v) is 5.09. The van der Waals surface area contributed by atoms with Crippen LogP contribution in [-0.4, -0.2) is 47.6 Å². The van der Waals surface area contributed by atoms with Crippen molar-refractivity contribution < 1.29 is 14.6 Å². The van der Waals surface area contributed by atoms with Crippen LogP contribution in [-0.2, 0) is 4.74 Å². The van der Waals surface area contributed by atoms with Crippen LogP contribution in [0.4, 0.5) is 0 Å². The smallest absolute Gasteiger partial charge is 0.255 e. The Kier molecular flexibility index (Phi) is 4.94. The largest absolute Gasteiger partial charge is 0.396 e. The highest BCUT2D eigenvalue weighted by Crippen LogP contribution is 2.03. The zero-order valence-electron chi connectivity index (χ0n) is 9.49. The molecule has 16 heavy (non-hydrogen) atoms. The number of amides is 1. The fraction of sp³-hybridized carbons (Fsp3) is 0.600. The highest BCUT2D eigenvalue weighted by Gasteiger charge is 2.15. The number of aryl methyl sites for hydroxylation is 1. The minimum Gasteiger partial charge on any atom is -0.396 e. The third-order valence-electron chi connectivity index (χ3n) is 2.26. The molecule has 0 aliphatic heterocycles. The van der Waals surface area contributed by atoms with E-state index in [9.17, 15) is 4.79 Å². The van der Waals surface area contributed by atoms with Crippen LogP contribution in [0, 0.1) is 6.92 Å². The normalized spacial score (nSPS) is 12.4. The number of methoxy groups -OCH3 is 1. The quantitative estimate of drug-likeness (QED) is 0.630. The van der Waals surface area contributed by atoms with E-state index in [-0.39, 0.29) is 18.6 Å². The number of hydrogen-bond acceptors (Lipinski definition) is 4. The third-order valence-corrected chi connectivity index (χ3v) is 2.26. The lowest BCUT2D eigenvalue weighted by molar-refractivity contribution is 0.0878. The fourth-order valence-electron chi connectivity index (χ4n) is 1.40. The number of aliphatic hydroxyl groups excluding tert-OH is 1. The zero-order valence-corrected chi connectivity index (χ0v) is 9.49. The van der Waals surface area contributed by atoms with Crippen LogP contribution in [0.25, 0.3) is 0 Å². The maximum atomic E-state index is 11.8. The van der Waals surface area contributed by atoms with Crippen LogP contribution >= 0.6 is 0 Å². The molecular weight excluding hydrogens is 210 g/mol. The predicted octanol–water partition coefficient (Wildman–Crippen LogP) is -0.155. The van der Waals surface area contributed by atoms with E-state index in [0.717, 1.165) is 5.69 Å². The van der Waals surface area contributed by atoms with Crippen LogP contribution in [0.2, 0.25) is 0 Å². The molecule has 3 N–H and O–H groups in total. The second-order valence-electron chi connectivity index (χ2n) is 3.55. The molecule has 6 heteroatoms. The highest BCUT2D eigenvalue weighted by molar-refractivity contribution is 5.95. The number of hydrogen-bond donors (Lipinski definition) is 3. The van der Waals surface area contributed by atoms with E-state index in [1.807, 2.05) is 0 Å². The first kappa shape index (κ1) is 12.7. The lowest BCUT2D eigenvalue weighted by atomic mass is 10.2. The Morgan fingerprint density at radius 1 is 1.75 bits per heavy atom. The summed E-state index contributed by atoms with van der Waals surface area (Å²) < 4.78 is 4.96. The molecule has 0 radical (unpaired) electrons. The van der Waals surface area contributed by atoms with Gasteiger partial charge in [-0.3, -0.25) is 9.89 Å². The van der Waals surface area contributed by atoms with Gasteiger partial charge in [-0.15, -0.1) is 0 Å². The number of carbonyl (C=O) groups is 1. The van der Waals surface area contributed by atoms with Crippen molar-refractivity contribution in [2.24, 2.45) is 0 Å². The van der Waals surface area contributed by atoms with Crippen molar-refractivity contribution in [3.63, 3.8) is 0 Å². The molecule has 0 saturated heterocycles. The summed E-state index contributed by atoms with van der Waals surface area (Å²) in [6.45, 7) is 2.17. The van der Waals surface area contributed by atoms with Crippen LogP contribution in [0.3, 0.4) is 0 Å². The number of ether oxygens (including phenoxy) is 1. The second kappa shape index (κ2) is 6.24. The molecule has 90 valence electrons. The molecule has 1 heterocycles. The summed E-state index contributed by atoms with van der Waals surface area (Å²) in [6, 6.07) is -0.184. The molecule has 1 aromatic heterocycles. The van der Waals surface area contributed by atoms with E-state index in [1.165, 1.54) is 6.20 Å². The standard InChI is InChI=1S/C10H17N3O3/c1-7-9(5-11-13-7)10(15)12-8(3-4-14)6-16-2/h5,8,14H,3-4,6H2,1-2H3,(H,11,13)(H,12,15). The summed E-state index contributed by atoms with van der Waals surface area (Å²) >= 11 is 0. The van der Waals surface area contributed by atoms with Crippen LogP contribution in [0.15, 0.2) is 6.20 Å². The van der Waals surface area contributed by atoms with Crippen molar-refractivity contribution in [2.45, 2.75) is 19.4 Å². The number of rotatable bonds is 6. The van der Waals surface area contributed by atoms with Gasteiger partial charge in [0, 0.05) is 19.4 Å². The average Bonchev–Trinajstić information content (AvgIpc) is 2.65. The molecule has 0 aliphatic rings. The number of aromatic amines is 1. The predicted molar refractivity (Wildman–Crippen MR) is 58.2 cm³/mol. The molecule has 0 fully saturated rings. The van der Waals surface area contributed by atoms with E-state index in [1.54, 1.807) is 14.0 Å². The van der Waals surface area contributed by atoms with Gasteiger partial charge in [0.1, 0.15) is 0 Å². The van der Waals surface area contributed by atoms with Gasteiger partial charge < -0.3 is 15.2 Å². The van der Waals surface area contributed by atoms with Crippen molar-refractivity contribution >= 4 is 5.91 Å². The van der Waals surface area contributed by atoms with E-state index >= 15 is 0 Å². The van der Waals surface area contributed by atoms with E-state index in [4.69, 9.17) is 9.84 Å². The Balaban J connectivity index is 2.58. The topological polar surface area (TPSA) is 87.2 Å². The Labute approximate surface area is 94.0 Å². The summed E-state index contributed by atoms with van der Waals surface area (Å²) in [5, 5.41) is 18.1. The lowest BCUT2D eigenvalue weighted by Crippen LogP contribution is -2.38. The molecule has 0 bridgehead atoms. The highest BCUT2D eigenvalue weighted by atomic mass is 16.5. The molecular formula is C10H17N3O3. The Hall–Kier alpha value is -1.40. The first-order valence-electron chi connectivity index (χ1n) is 5.09. The summed E-state index contributed by atoms with van der Waals surface area (Å²) in [4.78, 5) is 11.8. The molecule has 6 nitrogen and oxygen atoms in total. The number of aliphatic hydroxyl groups is 1. The molecule has 1 aromatic rings. The maximum absolute atomic E-state index is 11.8. The van der Waals surface area contributed by atoms with Gasteiger partial charge in [-0.1, -0.05) is 0 Å². The van der Waals surface area contributed by atoms with Crippen molar-refractivity contribution in [1.82, 2.24) is 15.5 Å². The average molecular weight is 227 g/mol. The minimum absolute atomic E-state index is 0.0126. The number of carbonyl (C=O) groups excluding carboxylic acids is 1. The zero-order chi connectivity index (χ0) is 12.0. The van der Waals surface area contributed by atoms with Crippen LogP contribution in [0.1, 0.15) is 22.5 Å². The Morgan fingerprint density at radius 2 is 2.50 bits per heavy atom. The molecule has 1 unspecified atom stereocenters. The molecule has 0 saturated carbocycles. The Morgan fingerprint density at radius 3 is 3.00 bits per heavy atom.